The average molecular weight is 349 g/mol. The second-order valence-electron chi connectivity index (χ2n) is 4.36. The van der Waals surface area contributed by atoms with E-state index in [-0.39, 0.29) is 0 Å². The molecule has 3 aromatic rings. The van der Waals surface area contributed by atoms with E-state index >= 15 is 0 Å². The molecule has 0 atom stereocenters. The first-order valence-electron chi connectivity index (χ1n) is 6.01. The van der Waals surface area contributed by atoms with Crippen LogP contribution in [0.1, 0.15) is 0 Å². The van der Waals surface area contributed by atoms with Gasteiger partial charge in [0.15, 0.2) is 0 Å². The highest BCUT2D eigenvalue weighted by Gasteiger charge is 2.09. The van der Waals surface area contributed by atoms with Crippen LogP contribution in [-0.4, -0.2) is 9.78 Å². The maximum atomic E-state index is 6.05. The number of rotatable bonds is 2. The molecular formula is C15H11BrClN3. The molecule has 5 heteroatoms. The van der Waals surface area contributed by atoms with E-state index in [4.69, 9.17) is 17.3 Å². The zero-order valence-corrected chi connectivity index (χ0v) is 12.8. The number of nitrogens with two attached hydrogens (primary N) is 1. The molecule has 0 amide bonds. The molecule has 2 aromatic carbocycles. The van der Waals surface area contributed by atoms with Gasteiger partial charge in [0.25, 0.3) is 0 Å². The predicted molar refractivity (Wildman–Crippen MR) is 86.1 cm³/mol. The first-order chi connectivity index (χ1) is 9.63. The van der Waals surface area contributed by atoms with E-state index in [1.54, 1.807) is 4.68 Å². The van der Waals surface area contributed by atoms with Gasteiger partial charge in [0.1, 0.15) is 5.82 Å². The van der Waals surface area contributed by atoms with Crippen LogP contribution in [0.3, 0.4) is 0 Å². The highest BCUT2D eigenvalue weighted by atomic mass is 79.9. The van der Waals surface area contributed by atoms with E-state index in [9.17, 15) is 0 Å². The molecule has 0 bridgehead atoms. The van der Waals surface area contributed by atoms with Gasteiger partial charge in [-0.2, -0.15) is 5.10 Å². The lowest BCUT2D eigenvalue weighted by molar-refractivity contribution is 0.894. The van der Waals surface area contributed by atoms with Crippen LogP contribution in [0.25, 0.3) is 16.9 Å². The number of nitrogen functional groups attached to an aromatic ring is 1. The van der Waals surface area contributed by atoms with Crippen molar-refractivity contribution in [3.8, 4) is 16.9 Å². The van der Waals surface area contributed by atoms with Crippen LogP contribution in [-0.2, 0) is 0 Å². The Bertz CT molecular complexity index is 767. The summed E-state index contributed by atoms with van der Waals surface area (Å²) >= 11 is 9.45. The maximum absolute atomic E-state index is 6.05. The number of halogens is 2. The van der Waals surface area contributed by atoms with Crippen molar-refractivity contribution in [3.05, 3.63) is 64.1 Å². The molecule has 20 heavy (non-hydrogen) atoms. The van der Waals surface area contributed by atoms with E-state index in [0.29, 0.717) is 10.8 Å². The van der Waals surface area contributed by atoms with Crippen molar-refractivity contribution in [2.45, 2.75) is 0 Å². The number of anilines is 1. The van der Waals surface area contributed by atoms with Crippen LogP contribution in [0.5, 0.6) is 0 Å². The Morgan fingerprint density at radius 3 is 2.60 bits per heavy atom. The minimum Gasteiger partial charge on any atom is -0.384 e. The molecule has 3 nitrogen and oxygen atoms in total. The molecule has 0 aliphatic rings. The molecule has 0 radical (unpaired) electrons. The molecule has 0 aliphatic heterocycles. The fraction of sp³-hybridized carbons (Fsp3) is 0. The highest BCUT2D eigenvalue weighted by Crippen LogP contribution is 2.25. The van der Waals surface area contributed by atoms with Gasteiger partial charge in [0.05, 0.1) is 11.4 Å². The van der Waals surface area contributed by atoms with Gasteiger partial charge in [-0.1, -0.05) is 45.7 Å². The lowest BCUT2D eigenvalue weighted by Crippen LogP contribution is -2.01. The molecule has 3 rings (SSSR count). The molecule has 1 heterocycles. The third kappa shape index (κ3) is 2.57. The van der Waals surface area contributed by atoms with Crippen molar-refractivity contribution in [2.75, 3.05) is 5.73 Å². The number of hydrogen-bond donors (Lipinski definition) is 1. The Labute approximate surface area is 130 Å². The zero-order chi connectivity index (χ0) is 14.1. The van der Waals surface area contributed by atoms with Crippen LogP contribution in [0.2, 0.25) is 5.02 Å². The van der Waals surface area contributed by atoms with E-state index in [0.717, 1.165) is 21.4 Å². The summed E-state index contributed by atoms with van der Waals surface area (Å²) in [5, 5.41) is 5.22. The van der Waals surface area contributed by atoms with Gasteiger partial charge in [0, 0.05) is 21.1 Å². The summed E-state index contributed by atoms with van der Waals surface area (Å²) < 4.78 is 2.69. The van der Waals surface area contributed by atoms with Crippen LogP contribution in [0.4, 0.5) is 5.82 Å². The lowest BCUT2D eigenvalue weighted by atomic mass is 10.1. The molecule has 2 N–H and O–H groups in total. The summed E-state index contributed by atoms with van der Waals surface area (Å²) in [6, 6.07) is 17.2. The molecule has 0 aliphatic carbocycles. The monoisotopic (exact) mass is 347 g/mol. The second-order valence-corrected chi connectivity index (χ2v) is 5.71. The SMILES string of the molecule is Nc1cc(-c2cccc(Cl)c2)nn1-c1cccc(Br)c1. The largest absolute Gasteiger partial charge is 0.384 e. The molecule has 0 spiro atoms. The van der Waals surface area contributed by atoms with Gasteiger partial charge in [-0.25, -0.2) is 4.68 Å². The van der Waals surface area contributed by atoms with Gasteiger partial charge in [-0.15, -0.1) is 0 Å². The average Bonchev–Trinajstić information content (AvgIpc) is 2.81. The minimum atomic E-state index is 0.582. The third-order valence-corrected chi connectivity index (χ3v) is 3.64. The molecule has 1 aromatic heterocycles. The normalized spacial score (nSPS) is 10.7. The van der Waals surface area contributed by atoms with Crippen molar-refractivity contribution in [1.29, 1.82) is 0 Å². The smallest absolute Gasteiger partial charge is 0.127 e. The summed E-state index contributed by atoms with van der Waals surface area (Å²) in [5.74, 6) is 0.582. The summed E-state index contributed by atoms with van der Waals surface area (Å²) in [7, 11) is 0. The Hall–Kier alpha value is -1.78. The van der Waals surface area contributed by atoms with Crippen molar-refractivity contribution in [1.82, 2.24) is 9.78 Å². The van der Waals surface area contributed by atoms with Gasteiger partial charge in [-0.05, 0) is 30.3 Å². The Balaban J connectivity index is 2.08. The second kappa shape index (κ2) is 5.31. The first kappa shape index (κ1) is 13.2. The van der Waals surface area contributed by atoms with Gasteiger partial charge in [0.2, 0.25) is 0 Å². The molecule has 0 saturated carbocycles. The number of nitrogens with zero attached hydrogens (tertiary/aromatic N) is 2. The van der Waals surface area contributed by atoms with Crippen molar-refractivity contribution in [3.63, 3.8) is 0 Å². The fourth-order valence-corrected chi connectivity index (χ4v) is 2.58. The first-order valence-corrected chi connectivity index (χ1v) is 7.18. The summed E-state index contributed by atoms with van der Waals surface area (Å²) in [4.78, 5) is 0. The summed E-state index contributed by atoms with van der Waals surface area (Å²) in [5.41, 5.74) is 8.70. The summed E-state index contributed by atoms with van der Waals surface area (Å²) in [6.45, 7) is 0. The van der Waals surface area contributed by atoms with Crippen molar-refractivity contribution >= 4 is 33.3 Å². The molecule has 0 fully saturated rings. The maximum Gasteiger partial charge on any atom is 0.127 e. The van der Waals surface area contributed by atoms with Crippen LogP contribution >= 0.6 is 27.5 Å². The number of hydrogen-bond acceptors (Lipinski definition) is 2. The van der Waals surface area contributed by atoms with E-state index in [2.05, 4.69) is 21.0 Å². The van der Waals surface area contributed by atoms with Crippen molar-refractivity contribution < 1.29 is 0 Å². The van der Waals surface area contributed by atoms with Crippen molar-refractivity contribution in [2.24, 2.45) is 0 Å². The molecule has 0 unspecified atom stereocenters. The van der Waals surface area contributed by atoms with Crippen LogP contribution in [0, 0.1) is 0 Å². The molecule has 100 valence electrons. The van der Waals surface area contributed by atoms with Crippen LogP contribution < -0.4 is 5.73 Å². The van der Waals surface area contributed by atoms with E-state index in [1.807, 2.05) is 54.6 Å². The van der Waals surface area contributed by atoms with Gasteiger partial charge >= 0.3 is 0 Å². The highest BCUT2D eigenvalue weighted by molar-refractivity contribution is 9.10. The number of benzene rings is 2. The van der Waals surface area contributed by atoms with Crippen LogP contribution in [0.15, 0.2) is 59.1 Å². The Morgan fingerprint density at radius 1 is 1.05 bits per heavy atom. The van der Waals surface area contributed by atoms with Gasteiger partial charge in [-0.3, -0.25) is 0 Å². The zero-order valence-electron chi connectivity index (χ0n) is 10.4. The Kier molecular flexibility index (Phi) is 3.51. The van der Waals surface area contributed by atoms with E-state index < -0.39 is 0 Å². The molecule has 0 saturated heterocycles. The quantitative estimate of drug-likeness (QED) is 0.739. The topological polar surface area (TPSA) is 43.8 Å². The van der Waals surface area contributed by atoms with Gasteiger partial charge < -0.3 is 5.73 Å². The predicted octanol–water partition coefficient (Wildman–Crippen LogP) is 4.54. The third-order valence-electron chi connectivity index (χ3n) is 2.91. The minimum absolute atomic E-state index is 0.582. The lowest BCUT2D eigenvalue weighted by Gasteiger charge is -2.04. The molecular weight excluding hydrogens is 338 g/mol. The fourth-order valence-electron chi connectivity index (χ4n) is 2.00. The summed E-state index contributed by atoms with van der Waals surface area (Å²) in [6.07, 6.45) is 0. The van der Waals surface area contributed by atoms with E-state index in [1.165, 1.54) is 0 Å². The standard InChI is InChI=1S/C15H11BrClN3/c16-11-4-2-6-13(8-11)20-15(18)9-14(19-20)10-3-1-5-12(17)7-10/h1-9H,18H2. The number of aromatic nitrogens is 2. The Morgan fingerprint density at radius 2 is 1.85 bits per heavy atom.